The van der Waals surface area contributed by atoms with Crippen molar-refractivity contribution in [3.8, 4) is 0 Å². The molecule has 2 rings (SSSR count). The molecule has 0 aliphatic carbocycles. The first kappa shape index (κ1) is 22.1. The van der Waals surface area contributed by atoms with Gasteiger partial charge in [-0.05, 0) is 77.6 Å². The summed E-state index contributed by atoms with van der Waals surface area (Å²) in [5.74, 6) is 0.313. The maximum Gasteiger partial charge on any atom is 0.407 e. The molecule has 1 aliphatic heterocycles. The molecule has 1 N–H and O–H groups in total. The number of amides is 2. The topological polar surface area (TPSA) is 61.9 Å². The molecule has 0 radical (unpaired) electrons. The predicted octanol–water partition coefficient (Wildman–Crippen LogP) is 3.91. The zero-order valence-corrected chi connectivity index (χ0v) is 18.0. The zero-order chi connectivity index (χ0) is 20.7. The highest BCUT2D eigenvalue weighted by Gasteiger charge is 2.25. The number of carbonyl (C=O) groups excluding carboxylic acids is 2. The van der Waals surface area contributed by atoms with Crippen molar-refractivity contribution in [1.29, 1.82) is 0 Å². The van der Waals surface area contributed by atoms with Crippen molar-refractivity contribution >= 4 is 17.7 Å². The molecular formula is C22H35N3O3. The molecule has 6 nitrogen and oxygen atoms in total. The number of benzene rings is 1. The Morgan fingerprint density at radius 3 is 2.39 bits per heavy atom. The number of carbonyl (C=O) groups is 2. The summed E-state index contributed by atoms with van der Waals surface area (Å²) in [5, 5.41) is 2.84. The van der Waals surface area contributed by atoms with Gasteiger partial charge in [-0.2, -0.15) is 0 Å². The van der Waals surface area contributed by atoms with Gasteiger partial charge in [-0.1, -0.05) is 0 Å². The molecule has 1 aliphatic rings. The van der Waals surface area contributed by atoms with Crippen LogP contribution in [0, 0.1) is 5.92 Å². The predicted molar refractivity (Wildman–Crippen MR) is 113 cm³/mol. The van der Waals surface area contributed by atoms with Crippen molar-refractivity contribution in [3.63, 3.8) is 0 Å². The van der Waals surface area contributed by atoms with Gasteiger partial charge in [0.25, 0.3) is 5.91 Å². The van der Waals surface area contributed by atoms with E-state index < -0.39 is 11.7 Å². The molecule has 28 heavy (non-hydrogen) atoms. The van der Waals surface area contributed by atoms with Crippen molar-refractivity contribution in [2.75, 3.05) is 37.6 Å². The number of nitrogens with zero attached hydrogens (tertiary/aromatic N) is 2. The first-order valence-corrected chi connectivity index (χ1v) is 10.3. The fourth-order valence-corrected chi connectivity index (χ4v) is 3.54. The summed E-state index contributed by atoms with van der Waals surface area (Å²) in [5.41, 5.74) is 1.35. The molecule has 0 spiro atoms. The largest absolute Gasteiger partial charge is 0.444 e. The van der Waals surface area contributed by atoms with E-state index in [0.29, 0.717) is 13.1 Å². The van der Waals surface area contributed by atoms with Crippen LogP contribution in [0.3, 0.4) is 0 Å². The van der Waals surface area contributed by atoms with Crippen molar-refractivity contribution < 1.29 is 14.3 Å². The van der Waals surface area contributed by atoms with Gasteiger partial charge in [-0.3, -0.25) is 4.79 Å². The highest BCUT2D eigenvalue weighted by atomic mass is 16.6. The SMILES string of the molecule is CCN(CC)c1ccc(C(=O)N2CCCC(CNC(=O)OC(C)(C)C)C2)cc1. The summed E-state index contributed by atoms with van der Waals surface area (Å²) in [6.07, 6.45) is 1.55. The standard InChI is InChI=1S/C22H35N3O3/c1-6-24(7-2)19-12-10-18(11-13-19)20(26)25-14-8-9-17(16-25)15-23-21(27)28-22(3,4)5/h10-13,17H,6-9,14-16H2,1-5H3,(H,23,27). The Bertz CT molecular complexity index is 648. The van der Waals surface area contributed by atoms with Crippen LogP contribution >= 0.6 is 0 Å². The number of anilines is 1. The lowest BCUT2D eigenvalue weighted by molar-refractivity contribution is 0.0502. The third-order valence-electron chi connectivity index (χ3n) is 4.98. The molecular weight excluding hydrogens is 354 g/mol. The summed E-state index contributed by atoms with van der Waals surface area (Å²) in [6.45, 7) is 13.6. The Kier molecular flexibility index (Phi) is 7.72. The first-order chi connectivity index (χ1) is 13.2. The van der Waals surface area contributed by atoms with Gasteiger partial charge in [-0.25, -0.2) is 4.79 Å². The van der Waals surface area contributed by atoms with Gasteiger partial charge in [0.05, 0.1) is 0 Å². The monoisotopic (exact) mass is 389 g/mol. The van der Waals surface area contributed by atoms with Crippen LogP contribution in [-0.2, 0) is 4.74 Å². The molecule has 1 heterocycles. The minimum atomic E-state index is -0.504. The van der Waals surface area contributed by atoms with Crippen molar-refractivity contribution in [2.24, 2.45) is 5.92 Å². The van der Waals surface area contributed by atoms with Crippen molar-refractivity contribution in [2.45, 2.75) is 53.1 Å². The normalized spacial score (nSPS) is 17.2. The van der Waals surface area contributed by atoms with Crippen molar-refractivity contribution in [3.05, 3.63) is 29.8 Å². The van der Waals surface area contributed by atoms with E-state index in [0.717, 1.165) is 43.7 Å². The molecule has 1 saturated heterocycles. The van der Waals surface area contributed by atoms with Gasteiger partial charge in [-0.15, -0.1) is 0 Å². The minimum absolute atomic E-state index is 0.0630. The highest BCUT2D eigenvalue weighted by Crippen LogP contribution is 2.20. The molecule has 1 aromatic carbocycles. The molecule has 0 saturated carbocycles. The van der Waals surface area contributed by atoms with Gasteiger partial charge in [0.2, 0.25) is 0 Å². The number of piperidine rings is 1. The van der Waals surface area contributed by atoms with Gasteiger partial charge < -0.3 is 19.9 Å². The molecule has 1 unspecified atom stereocenters. The fraction of sp³-hybridized carbons (Fsp3) is 0.636. The maximum atomic E-state index is 12.9. The number of hydrogen-bond donors (Lipinski definition) is 1. The van der Waals surface area contributed by atoms with E-state index >= 15 is 0 Å². The van der Waals surface area contributed by atoms with Crippen LogP contribution in [-0.4, -0.2) is 55.2 Å². The number of likely N-dealkylation sites (tertiary alicyclic amines) is 1. The van der Waals surface area contributed by atoms with Gasteiger partial charge in [0.15, 0.2) is 0 Å². The number of nitrogens with one attached hydrogen (secondary N) is 1. The fourth-order valence-electron chi connectivity index (χ4n) is 3.54. The Labute approximate surface area is 169 Å². The second-order valence-corrected chi connectivity index (χ2v) is 8.36. The lowest BCUT2D eigenvalue weighted by Crippen LogP contribution is -2.44. The summed E-state index contributed by atoms with van der Waals surface area (Å²) in [4.78, 5) is 28.9. The molecule has 1 atom stereocenters. The molecule has 1 fully saturated rings. The lowest BCUT2D eigenvalue weighted by Gasteiger charge is -2.33. The van der Waals surface area contributed by atoms with Crippen LogP contribution in [0.5, 0.6) is 0 Å². The maximum absolute atomic E-state index is 12.9. The van der Waals surface area contributed by atoms with Gasteiger partial charge >= 0.3 is 6.09 Å². The molecule has 0 aromatic heterocycles. The number of hydrogen-bond acceptors (Lipinski definition) is 4. The van der Waals surface area contributed by atoms with E-state index in [1.54, 1.807) is 0 Å². The molecule has 156 valence electrons. The van der Waals surface area contributed by atoms with Crippen molar-refractivity contribution in [1.82, 2.24) is 10.2 Å². The van der Waals surface area contributed by atoms with Crippen LogP contribution < -0.4 is 10.2 Å². The molecule has 6 heteroatoms. The van der Waals surface area contributed by atoms with E-state index in [2.05, 4.69) is 24.1 Å². The highest BCUT2D eigenvalue weighted by molar-refractivity contribution is 5.94. The smallest absolute Gasteiger partial charge is 0.407 e. The average Bonchev–Trinajstić information content (AvgIpc) is 2.66. The lowest BCUT2D eigenvalue weighted by atomic mass is 9.97. The average molecular weight is 390 g/mol. The Balaban J connectivity index is 1.90. The van der Waals surface area contributed by atoms with Crippen LogP contribution in [0.15, 0.2) is 24.3 Å². The van der Waals surface area contributed by atoms with E-state index in [9.17, 15) is 9.59 Å². The third kappa shape index (κ3) is 6.43. The van der Waals surface area contributed by atoms with Gasteiger partial charge in [0, 0.05) is 44.0 Å². The second-order valence-electron chi connectivity index (χ2n) is 8.36. The second kappa shape index (κ2) is 9.80. The van der Waals surface area contributed by atoms with E-state index in [-0.39, 0.29) is 11.8 Å². The van der Waals surface area contributed by atoms with Gasteiger partial charge in [0.1, 0.15) is 5.60 Å². The zero-order valence-electron chi connectivity index (χ0n) is 18.0. The van der Waals surface area contributed by atoms with E-state index in [1.807, 2.05) is 49.9 Å². The van der Waals surface area contributed by atoms with Crippen LogP contribution in [0.2, 0.25) is 0 Å². The Morgan fingerprint density at radius 2 is 1.82 bits per heavy atom. The molecule has 1 aromatic rings. The Hall–Kier alpha value is -2.24. The Morgan fingerprint density at radius 1 is 1.18 bits per heavy atom. The quantitative estimate of drug-likeness (QED) is 0.801. The third-order valence-corrected chi connectivity index (χ3v) is 4.98. The number of ether oxygens (including phenoxy) is 1. The summed E-state index contributed by atoms with van der Waals surface area (Å²) < 4.78 is 5.29. The molecule has 0 bridgehead atoms. The van der Waals surface area contributed by atoms with E-state index in [1.165, 1.54) is 0 Å². The summed E-state index contributed by atoms with van der Waals surface area (Å²) in [7, 11) is 0. The van der Waals surface area contributed by atoms with Crippen LogP contribution in [0.25, 0.3) is 0 Å². The van der Waals surface area contributed by atoms with E-state index in [4.69, 9.17) is 4.74 Å². The van der Waals surface area contributed by atoms with Crippen LogP contribution in [0.1, 0.15) is 57.8 Å². The summed E-state index contributed by atoms with van der Waals surface area (Å²) >= 11 is 0. The number of alkyl carbamates (subject to hydrolysis) is 1. The minimum Gasteiger partial charge on any atom is -0.444 e. The number of rotatable bonds is 6. The van der Waals surface area contributed by atoms with Crippen LogP contribution in [0.4, 0.5) is 10.5 Å². The summed E-state index contributed by atoms with van der Waals surface area (Å²) in [6, 6.07) is 7.87. The first-order valence-electron chi connectivity index (χ1n) is 10.3. The molecule has 2 amide bonds.